The lowest BCUT2D eigenvalue weighted by atomic mass is 10.2. The predicted molar refractivity (Wildman–Crippen MR) is 87.7 cm³/mol. The van der Waals surface area contributed by atoms with E-state index in [9.17, 15) is 8.42 Å². The summed E-state index contributed by atoms with van der Waals surface area (Å²) in [5, 5.41) is 0. The van der Waals surface area contributed by atoms with Crippen molar-refractivity contribution < 1.29 is 17.9 Å². The molecule has 0 aromatic heterocycles. The lowest BCUT2D eigenvalue weighted by Gasteiger charge is -2.30. The summed E-state index contributed by atoms with van der Waals surface area (Å²) in [5.74, 6) is 1.71. The van der Waals surface area contributed by atoms with Crippen LogP contribution in [-0.4, -0.2) is 28.7 Å². The first kappa shape index (κ1) is 15.6. The lowest BCUT2D eigenvalue weighted by Crippen LogP contribution is -2.42. The van der Waals surface area contributed by atoms with Crippen molar-refractivity contribution in [2.45, 2.75) is 11.8 Å². The van der Waals surface area contributed by atoms with Crippen molar-refractivity contribution in [2.24, 2.45) is 0 Å². The highest BCUT2D eigenvalue weighted by atomic mass is 32.2. The molecule has 7 heteroatoms. The average molecular weight is 334 g/mol. The molecule has 0 saturated carbocycles. The van der Waals surface area contributed by atoms with Crippen LogP contribution in [-0.2, 0) is 10.0 Å². The Bertz CT molecular complexity index is 821. The Morgan fingerprint density at radius 3 is 2.61 bits per heavy atom. The highest BCUT2D eigenvalue weighted by Crippen LogP contribution is 2.34. The van der Waals surface area contributed by atoms with Gasteiger partial charge in [-0.3, -0.25) is 0 Å². The molecule has 2 aromatic rings. The number of nitrogens with one attached hydrogen (secondary N) is 1. The molecule has 0 radical (unpaired) electrons. The zero-order chi connectivity index (χ0) is 16.4. The minimum Gasteiger partial charge on any atom is -0.497 e. The van der Waals surface area contributed by atoms with Crippen molar-refractivity contribution in [3.8, 4) is 17.2 Å². The van der Waals surface area contributed by atoms with Gasteiger partial charge in [-0.15, -0.1) is 0 Å². The monoisotopic (exact) mass is 334 g/mol. The van der Waals surface area contributed by atoms with Gasteiger partial charge in [-0.25, -0.2) is 8.42 Å². The van der Waals surface area contributed by atoms with Gasteiger partial charge >= 0.3 is 0 Å². The van der Waals surface area contributed by atoms with Crippen LogP contribution in [0.3, 0.4) is 0 Å². The van der Waals surface area contributed by atoms with Crippen molar-refractivity contribution in [3.63, 3.8) is 0 Å². The van der Waals surface area contributed by atoms with Gasteiger partial charge in [0, 0.05) is 18.7 Å². The molecule has 0 spiro atoms. The largest absolute Gasteiger partial charge is 0.497 e. The Kier molecular flexibility index (Phi) is 4.14. The number of rotatable bonds is 4. The molecule has 3 rings (SSSR count). The SMILES string of the molecule is CCN1CNS(=O)(=O)c2cc(Oc3cccc(OC)c3)ccc21. The molecule has 0 saturated heterocycles. The Labute approximate surface area is 135 Å². The van der Waals surface area contributed by atoms with Crippen molar-refractivity contribution in [1.29, 1.82) is 0 Å². The molecular weight excluding hydrogens is 316 g/mol. The van der Waals surface area contributed by atoms with E-state index in [2.05, 4.69) is 4.72 Å². The number of hydrogen-bond acceptors (Lipinski definition) is 5. The maximum atomic E-state index is 12.2. The van der Waals surface area contributed by atoms with Crippen LogP contribution >= 0.6 is 0 Å². The summed E-state index contributed by atoms with van der Waals surface area (Å²) in [7, 11) is -1.93. The summed E-state index contributed by atoms with van der Waals surface area (Å²) in [5.41, 5.74) is 0.684. The van der Waals surface area contributed by atoms with Gasteiger partial charge < -0.3 is 14.4 Å². The van der Waals surface area contributed by atoms with Gasteiger partial charge in [0.2, 0.25) is 10.0 Å². The highest BCUT2D eigenvalue weighted by Gasteiger charge is 2.27. The second-order valence-electron chi connectivity index (χ2n) is 5.07. The van der Waals surface area contributed by atoms with Crippen LogP contribution in [0, 0.1) is 0 Å². The zero-order valence-electron chi connectivity index (χ0n) is 12.9. The second kappa shape index (κ2) is 6.10. The van der Waals surface area contributed by atoms with E-state index in [1.807, 2.05) is 24.0 Å². The Hall–Kier alpha value is -2.25. The number of sulfonamides is 1. The Balaban J connectivity index is 1.96. The molecule has 122 valence electrons. The van der Waals surface area contributed by atoms with E-state index in [1.165, 1.54) is 0 Å². The van der Waals surface area contributed by atoms with Crippen LogP contribution in [0.2, 0.25) is 0 Å². The predicted octanol–water partition coefficient (Wildman–Crippen LogP) is 2.56. The third kappa shape index (κ3) is 3.11. The molecule has 1 aliphatic rings. The molecule has 1 heterocycles. The molecule has 0 bridgehead atoms. The van der Waals surface area contributed by atoms with Gasteiger partial charge in [-0.05, 0) is 31.2 Å². The summed E-state index contributed by atoms with van der Waals surface area (Å²) in [6, 6.07) is 12.2. The third-order valence-corrected chi connectivity index (χ3v) is 5.08. The smallest absolute Gasteiger partial charge is 0.244 e. The standard InChI is InChI=1S/C16H18N2O4S/c1-3-18-11-17-23(19,20)16-10-14(7-8-15(16)18)22-13-6-4-5-12(9-13)21-2/h4-10,17H,3,11H2,1-2H3. The number of benzene rings is 2. The van der Waals surface area contributed by atoms with Crippen LogP contribution in [0.4, 0.5) is 5.69 Å². The van der Waals surface area contributed by atoms with E-state index < -0.39 is 10.0 Å². The topological polar surface area (TPSA) is 67.9 Å². The summed E-state index contributed by atoms with van der Waals surface area (Å²) < 4.78 is 37.9. The highest BCUT2D eigenvalue weighted by molar-refractivity contribution is 7.89. The number of ether oxygens (including phenoxy) is 2. The zero-order valence-corrected chi connectivity index (χ0v) is 13.8. The average Bonchev–Trinajstić information content (AvgIpc) is 2.56. The second-order valence-corrected chi connectivity index (χ2v) is 6.81. The van der Waals surface area contributed by atoms with Crippen LogP contribution in [0.25, 0.3) is 0 Å². The van der Waals surface area contributed by atoms with E-state index in [-0.39, 0.29) is 11.6 Å². The van der Waals surface area contributed by atoms with Crippen LogP contribution < -0.4 is 19.1 Å². The molecular formula is C16H18N2O4S. The van der Waals surface area contributed by atoms with E-state index >= 15 is 0 Å². The molecule has 6 nitrogen and oxygen atoms in total. The minimum atomic E-state index is -3.51. The molecule has 0 amide bonds. The molecule has 0 fully saturated rings. The minimum absolute atomic E-state index is 0.228. The fraction of sp³-hybridized carbons (Fsp3) is 0.250. The Morgan fingerprint density at radius 1 is 1.13 bits per heavy atom. The van der Waals surface area contributed by atoms with Gasteiger partial charge in [-0.1, -0.05) is 6.07 Å². The van der Waals surface area contributed by atoms with Gasteiger partial charge in [0.25, 0.3) is 0 Å². The first-order valence-corrected chi connectivity index (χ1v) is 8.72. The van der Waals surface area contributed by atoms with Crippen LogP contribution in [0.5, 0.6) is 17.2 Å². The van der Waals surface area contributed by atoms with E-state index in [1.54, 1.807) is 37.4 Å². The number of methoxy groups -OCH3 is 1. The number of fused-ring (bicyclic) bond motifs is 1. The van der Waals surface area contributed by atoms with Crippen LogP contribution in [0.1, 0.15) is 6.92 Å². The summed E-state index contributed by atoms with van der Waals surface area (Å²) in [6.07, 6.45) is 0. The summed E-state index contributed by atoms with van der Waals surface area (Å²) in [4.78, 5) is 2.18. The van der Waals surface area contributed by atoms with Crippen LogP contribution in [0.15, 0.2) is 47.4 Å². The molecule has 0 unspecified atom stereocenters. The first-order chi connectivity index (χ1) is 11.0. The molecule has 2 aromatic carbocycles. The van der Waals surface area contributed by atoms with Crippen molar-refractivity contribution in [2.75, 3.05) is 25.2 Å². The molecule has 0 atom stereocenters. The van der Waals surface area contributed by atoms with E-state index in [4.69, 9.17) is 9.47 Å². The van der Waals surface area contributed by atoms with Crippen molar-refractivity contribution in [1.82, 2.24) is 4.72 Å². The third-order valence-electron chi connectivity index (χ3n) is 3.67. The number of nitrogens with zero attached hydrogens (tertiary/aromatic N) is 1. The molecule has 1 aliphatic heterocycles. The van der Waals surface area contributed by atoms with Gasteiger partial charge in [0.1, 0.15) is 22.1 Å². The fourth-order valence-electron chi connectivity index (χ4n) is 2.44. The molecule has 23 heavy (non-hydrogen) atoms. The lowest BCUT2D eigenvalue weighted by molar-refractivity contribution is 0.409. The van der Waals surface area contributed by atoms with Crippen molar-refractivity contribution >= 4 is 15.7 Å². The quantitative estimate of drug-likeness (QED) is 0.931. The van der Waals surface area contributed by atoms with Gasteiger partial charge in [0.05, 0.1) is 19.5 Å². The number of hydrogen-bond donors (Lipinski definition) is 1. The normalized spacial score (nSPS) is 15.8. The number of anilines is 1. The van der Waals surface area contributed by atoms with E-state index in [0.717, 1.165) is 0 Å². The Morgan fingerprint density at radius 2 is 1.87 bits per heavy atom. The fourth-order valence-corrected chi connectivity index (χ4v) is 3.67. The van der Waals surface area contributed by atoms with Gasteiger partial charge in [-0.2, -0.15) is 4.72 Å². The summed E-state index contributed by atoms with van der Waals surface area (Å²) in [6.45, 7) is 2.97. The maximum absolute atomic E-state index is 12.2. The van der Waals surface area contributed by atoms with E-state index in [0.29, 0.717) is 29.5 Å². The van der Waals surface area contributed by atoms with Crippen molar-refractivity contribution in [3.05, 3.63) is 42.5 Å². The summed E-state index contributed by atoms with van der Waals surface area (Å²) >= 11 is 0. The molecule has 1 N–H and O–H groups in total. The molecule has 0 aliphatic carbocycles. The van der Waals surface area contributed by atoms with Gasteiger partial charge in [0.15, 0.2) is 0 Å². The first-order valence-electron chi connectivity index (χ1n) is 7.24. The maximum Gasteiger partial charge on any atom is 0.244 e.